The van der Waals surface area contributed by atoms with Gasteiger partial charge in [0, 0.05) is 29.4 Å². The molecule has 1 unspecified atom stereocenters. The molecule has 0 spiro atoms. The Morgan fingerprint density at radius 3 is 2.67 bits per heavy atom. The van der Waals surface area contributed by atoms with Crippen molar-refractivity contribution >= 4 is 22.4 Å². The molecule has 0 radical (unpaired) electrons. The highest BCUT2D eigenvalue weighted by Gasteiger charge is 2.11. The fourth-order valence-corrected chi connectivity index (χ4v) is 1.55. The Kier molecular flexibility index (Phi) is 3.81. The van der Waals surface area contributed by atoms with Crippen molar-refractivity contribution in [1.82, 2.24) is 9.55 Å². The lowest BCUT2D eigenvalue weighted by Crippen LogP contribution is -2.38. The molecule has 1 aromatic heterocycles. The second-order valence-corrected chi connectivity index (χ2v) is 4.72. The van der Waals surface area contributed by atoms with E-state index < -0.39 is 33.0 Å². The molecule has 1 rings (SSSR count). The summed E-state index contributed by atoms with van der Waals surface area (Å²) in [4.78, 5) is 24.4. The van der Waals surface area contributed by atoms with Gasteiger partial charge in [-0.3, -0.25) is 18.6 Å². The number of nitrogens with zero attached hydrogens (tertiary/aromatic N) is 1. The van der Waals surface area contributed by atoms with Gasteiger partial charge < -0.3 is 0 Å². The molecule has 0 aliphatic carbocycles. The Bertz CT molecular complexity index is 510. The zero-order valence-electron chi connectivity index (χ0n) is 7.75. The van der Waals surface area contributed by atoms with Gasteiger partial charge in [-0.2, -0.15) is 4.39 Å². The molecule has 0 saturated carbocycles. The number of aromatic nitrogens is 2. The van der Waals surface area contributed by atoms with Crippen molar-refractivity contribution in [3.05, 3.63) is 31.8 Å². The van der Waals surface area contributed by atoms with Gasteiger partial charge in [-0.15, -0.1) is 0 Å². The van der Waals surface area contributed by atoms with Crippen LogP contribution in [0.1, 0.15) is 0 Å². The number of halogens is 2. The van der Waals surface area contributed by atoms with Gasteiger partial charge in [0.05, 0.1) is 0 Å². The van der Waals surface area contributed by atoms with Crippen molar-refractivity contribution in [2.45, 2.75) is 6.54 Å². The molecular formula is C7H8ClFN2O3S. The van der Waals surface area contributed by atoms with Crippen molar-refractivity contribution in [2.24, 2.45) is 0 Å². The number of hydrogen-bond acceptors (Lipinski definition) is 3. The highest BCUT2D eigenvalue weighted by molar-refractivity contribution is 7.84. The van der Waals surface area contributed by atoms with E-state index in [1.165, 1.54) is 6.26 Å². The summed E-state index contributed by atoms with van der Waals surface area (Å²) in [5.41, 5.74) is -1.91. The van der Waals surface area contributed by atoms with Gasteiger partial charge in [-0.05, 0) is 0 Å². The Morgan fingerprint density at radius 1 is 1.53 bits per heavy atom. The van der Waals surface area contributed by atoms with Gasteiger partial charge in [-0.1, -0.05) is 11.6 Å². The summed E-state index contributed by atoms with van der Waals surface area (Å²) in [6.07, 6.45) is 1.42. The molecule has 1 atom stereocenters. The molecule has 0 saturated heterocycles. The maximum absolute atomic E-state index is 13.0. The fraction of sp³-hybridized carbons (Fsp3) is 0.429. The van der Waals surface area contributed by atoms with Gasteiger partial charge in [0.25, 0.3) is 5.56 Å². The molecule has 0 aliphatic rings. The van der Waals surface area contributed by atoms with Crippen LogP contribution in [0.4, 0.5) is 4.39 Å². The van der Waals surface area contributed by atoms with Crippen LogP contribution in [0.15, 0.2) is 9.59 Å². The van der Waals surface area contributed by atoms with E-state index in [0.717, 1.165) is 0 Å². The standard InChI is InChI=1S/C7H8ClFN2O3S/c1-15(14)3-2-11-6(12)4(9)5(8)10-7(11)13/h2-3H2,1H3,(H,10,13). The number of nitrogens with one attached hydrogen (secondary N) is 1. The van der Waals surface area contributed by atoms with Crippen LogP contribution in [0.5, 0.6) is 0 Å². The zero-order valence-corrected chi connectivity index (χ0v) is 9.32. The molecule has 0 fully saturated rings. The topological polar surface area (TPSA) is 71.9 Å². The SMILES string of the molecule is CS(=O)CCn1c(=O)[nH]c(Cl)c(F)c1=O. The maximum atomic E-state index is 13.0. The first-order valence-electron chi connectivity index (χ1n) is 3.91. The van der Waals surface area contributed by atoms with Gasteiger partial charge in [0.1, 0.15) is 0 Å². The number of aromatic amines is 1. The largest absolute Gasteiger partial charge is 0.329 e. The second kappa shape index (κ2) is 4.71. The quantitative estimate of drug-likeness (QED) is 0.754. The second-order valence-electron chi connectivity index (χ2n) is 2.79. The van der Waals surface area contributed by atoms with Gasteiger partial charge in [0.2, 0.25) is 5.82 Å². The third kappa shape index (κ3) is 2.75. The Morgan fingerprint density at radius 2 is 2.13 bits per heavy atom. The highest BCUT2D eigenvalue weighted by Crippen LogP contribution is 2.01. The van der Waals surface area contributed by atoms with Crippen LogP contribution in [0.2, 0.25) is 5.15 Å². The van der Waals surface area contributed by atoms with E-state index in [0.29, 0.717) is 4.57 Å². The van der Waals surface area contributed by atoms with Crippen LogP contribution in [0.25, 0.3) is 0 Å². The van der Waals surface area contributed by atoms with E-state index in [1.54, 1.807) is 0 Å². The average molecular weight is 255 g/mol. The predicted molar refractivity (Wildman–Crippen MR) is 55.2 cm³/mol. The van der Waals surface area contributed by atoms with Crippen LogP contribution in [0.3, 0.4) is 0 Å². The lowest BCUT2D eigenvalue weighted by atomic mass is 10.5. The van der Waals surface area contributed by atoms with Crippen LogP contribution in [-0.4, -0.2) is 25.8 Å². The first kappa shape index (κ1) is 12.1. The van der Waals surface area contributed by atoms with Crippen LogP contribution < -0.4 is 11.2 Å². The molecule has 0 aliphatic heterocycles. The Labute approximate surface area is 91.3 Å². The molecule has 0 amide bonds. The first-order chi connectivity index (χ1) is 6.93. The summed E-state index contributed by atoms with van der Waals surface area (Å²) in [5, 5.41) is -0.612. The molecule has 84 valence electrons. The van der Waals surface area contributed by atoms with E-state index in [-0.39, 0.29) is 12.3 Å². The summed E-state index contributed by atoms with van der Waals surface area (Å²) in [6.45, 7) is -0.106. The minimum Gasteiger partial charge on any atom is -0.295 e. The summed E-state index contributed by atoms with van der Waals surface area (Å²) in [7, 11) is -1.16. The van der Waals surface area contributed by atoms with Crippen molar-refractivity contribution in [3.8, 4) is 0 Å². The van der Waals surface area contributed by atoms with Crippen molar-refractivity contribution in [1.29, 1.82) is 0 Å². The lowest BCUT2D eigenvalue weighted by molar-refractivity contribution is 0.551. The molecule has 8 heteroatoms. The Balaban J connectivity index is 3.19. The van der Waals surface area contributed by atoms with Crippen molar-refractivity contribution in [2.75, 3.05) is 12.0 Å². The van der Waals surface area contributed by atoms with E-state index in [4.69, 9.17) is 11.6 Å². The van der Waals surface area contributed by atoms with E-state index in [2.05, 4.69) is 0 Å². The molecule has 0 bridgehead atoms. The highest BCUT2D eigenvalue weighted by atomic mass is 35.5. The van der Waals surface area contributed by atoms with Crippen molar-refractivity contribution < 1.29 is 8.60 Å². The van der Waals surface area contributed by atoms with Crippen LogP contribution in [-0.2, 0) is 17.3 Å². The van der Waals surface area contributed by atoms with Gasteiger partial charge >= 0.3 is 5.69 Å². The Hall–Kier alpha value is -0.950. The van der Waals surface area contributed by atoms with E-state index in [9.17, 15) is 18.2 Å². The third-order valence-corrected chi connectivity index (χ3v) is 2.71. The minimum absolute atomic E-state index is 0.101. The lowest BCUT2D eigenvalue weighted by Gasteiger charge is -2.03. The number of rotatable bonds is 3. The van der Waals surface area contributed by atoms with Crippen molar-refractivity contribution in [3.63, 3.8) is 0 Å². The summed E-state index contributed by atoms with van der Waals surface area (Å²) in [6, 6.07) is 0. The summed E-state index contributed by atoms with van der Waals surface area (Å²) < 4.78 is 24.4. The number of hydrogen-bond donors (Lipinski definition) is 1. The molecule has 1 N–H and O–H groups in total. The average Bonchev–Trinajstić information content (AvgIpc) is 2.14. The zero-order chi connectivity index (χ0) is 11.6. The maximum Gasteiger partial charge on any atom is 0.329 e. The predicted octanol–water partition coefficient (Wildman–Crippen LogP) is -0.292. The molecule has 0 aromatic carbocycles. The van der Waals surface area contributed by atoms with Gasteiger partial charge in [0.15, 0.2) is 5.15 Å². The molecular weight excluding hydrogens is 247 g/mol. The summed E-state index contributed by atoms with van der Waals surface area (Å²) in [5.74, 6) is -1.11. The normalized spacial score (nSPS) is 12.7. The summed E-state index contributed by atoms with van der Waals surface area (Å²) >= 11 is 5.25. The van der Waals surface area contributed by atoms with E-state index in [1.807, 2.05) is 4.98 Å². The van der Waals surface area contributed by atoms with E-state index >= 15 is 0 Å². The molecule has 5 nitrogen and oxygen atoms in total. The van der Waals surface area contributed by atoms with Crippen LogP contribution in [0, 0.1) is 5.82 Å². The number of H-pyrrole nitrogens is 1. The fourth-order valence-electron chi connectivity index (χ4n) is 0.944. The van der Waals surface area contributed by atoms with Crippen LogP contribution >= 0.6 is 11.6 Å². The molecule has 1 aromatic rings. The smallest absolute Gasteiger partial charge is 0.295 e. The monoisotopic (exact) mass is 254 g/mol. The molecule has 1 heterocycles. The van der Waals surface area contributed by atoms with Gasteiger partial charge in [-0.25, -0.2) is 4.79 Å². The third-order valence-electron chi connectivity index (χ3n) is 1.69. The minimum atomic E-state index is -1.21. The first-order valence-corrected chi connectivity index (χ1v) is 6.02. The molecule has 15 heavy (non-hydrogen) atoms.